The number of nitrogens with zero attached hydrogens (tertiary/aromatic N) is 4. The zero-order valence-electron chi connectivity index (χ0n) is 22.9. The lowest BCUT2D eigenvalue weighted by atomic mass is 9.96. The van der Waals surface area contributed by atoms with Crippen LogP contribution in [0.5, 0.6) is 0 Å². The molecule has 2 heterocycles. The fourth-order valence-corrected chi connectivity index (χ4v) is 4.85. The summed E-state index contributed by atoms with van der Waals surface area (Å²) in [5, 5.41) is 0.842. The predicted octanol–water partition coefficient (Wildman–Crippen LogP) is 5.11. The highest BCUT2D eigenvalue weighted by atomic mass is 19.4. The SMILES string of the molecule is Cc1ccc(C(=O)Cc2ccc(CN3CCN(C)CC3)c(C(F)(F)F)c2)cc1C#Cc1ccc2cnc(N)nc2c1. The van der Waals surface area contributed by atoms with Gasteiger partial charge in [-0.05, 0) is 54.9 Å². The van der Waals surface area contributed by atoms with Gasteiger partial charge < -0.3 is 10.6 Å². The largest absolute Gasteiger partial charge is 0.416 e. The molecule has 41 heavy (non-hydrogen) atoms. The number of halogens is 3. The number of aromatic nitrogens is 2. The maximum Gasteiger partial charge on any atom is 0.416 e. The Labute approximate surface area is 237 Å². The molecule has 0 saturated carbocycles. The van der Waals surface area contributed by atoms with E-state index < -0.39 is 11.7 Å². The van der Waals surface area contributed by atoms with E-state index in [4.69, 9.17) is 5.73 Å². The number of fused-ring (bicyclic) bond motifs is 1. The molecular formula is C32H30F3N5O. The quantitative estimate of drug-likeness (QED) is 0.272. The highest BCUT2D eigenvalue weighted by Gasteiger charge is 2.34. The van der Waals surface area contributed by atoms with Crippen molar-refractivity contribution in [2.24, 2.45) is 0 Å². The van der Waals surface area contributed by atoms with Gasteiger partial charge in [0.15, 0.2) is 5.78 Å². The highest BCUT2D eigenvalue weighted by molar-refractivity contribution is 5.98. The molecule has 1 aliphatic heterocycles. The van der Waals surface area contributed by atoms with Gasteiger partial charge in [-0.15, -0.1) is 0 Å². The van der Waals surface area contributed by atoms with Crippen molar-refractivity contribution in [1.29, 1.82) is 0 Å². The van der Waals surface area contributed by atoms with E-state index in [2.05, 4.69) is 26.7 Å². The van der Waals surface area contributed by atoms with Gasteiger partial charge in [0.2, 0.25) is 5.95 Å². The number of nitrogens with two attached hydrogens (primary N) is 1. The van der Waals surface area contributed by atoms with Gasteiger partial charge in [-0.1, -0.05) is 42.2 Å². The van der Waals surface area contributed by atoms with Crippen LogP contribution in [0.3, 0.4) is 0 Å². The van der Waals surface area contributed by atoms with E-state index in [9.17, 15) is 18.0 Å². The van der Waals surface area contributed by atoms with Crippen LogP contribution in [0.25, 0.3) is 10.9 Å². The minimum Gasteiger partial charge on any atom is -0.368 e. The number of carbonyl (C=O) groups excluding carboxylic acids is 1. The molecule has 3 aromatic carbocycles. The number of nitrogen functional groups attached to an aromatic ring is 1. The Hall–Kier alpha value is -4.26. The number of Topliss-reactive ketones (excluding diaryl/α,β-unsaturated/α-hetero) is 1. The lowest BCUT2D eigenvalue weighted by Crippen LogP contribution is -2.44. The molecule has 0 bridgehead atoms. The smallest absolute Gasteiger partial charge is 0.368 e. The van der Waals surface area contributed by atoms with Crippen molar-refractivity contribution in [3.05, 3.63) is 99.7 Å². The summed E-state index contributed by atoms with van der Waals surface area (Å²) in [6, 6.07) is 15.0. The third-order valence-corrected chi connectivity index (χ3v) is 7.34. The van der Waals surface area contributed by atoms with Crippen LogP contribution in [0.15, 0.2) is 60.8 Å². The molecule has 0 spiro atoms. The summed E-state index contributed by atoms with van der Waals surface area (Å²) in [5.41, 5.74) is 8.91. The van der Waals surface area contributed by atoms with Crippen LogP contribution in [-0.2, 0) is 19.1 Å². The highest BCUT2D eigenvalue weighted by Crippen LogP contribution is 2.34. The first kappa shape index (κ1) is 28.3. The van der Waals surface area contributed by atoms with Crippen molar-refractivity contribution in [3.63, 3.8) is 0 Å². The summed E-state index contributed by atoms with van der Waals surface area (Å²) in [5.74, 6) is 6.12. The normalized spacial score (nSPS) is 14.6. The average molecular weight is 558 g/mol. The van der Waals surface area contributed by atoms with Gasteiger partial charge in [0.25, 0.3) is 0 Å². The third-order valence-electron chi connectivity index (χ3n) is 7.34. The fourth-order valence-electron chi connectivity index (χ4n) is 4.85. The van der Waals surface area contributed by atoms with Crippen LogP contribution in [0.1, 0.15) is 43.7 Å². The molecule has 0 atom stereocenters. The lowest BCUT2D eigenvalue weighted by Gasteiger charge is -2.33. The number of aryl methyl sites for hydroxylation is 1. The molecule has 0 aliphatic carbocycles. The molecule has 0 unspecified atom stereocenters. The van der Waals surface area contributed by atoms with Crippen LogP contribution in [0.4, 0.5) is 19.1 Å². The van der Waals surface area contributed by atoms with Crippen LogP contribution in [0, 0.1) is 18.8 Å². The molecule has 2 N–H and O–H groups in total. The van der Waals surface area contributed by atoms with Gasteiger partial charge in [-0.25, -0.2) is 9.97 Å². The number of piperazine rings is 1. The van der Waals surface area contributed by atoms with Crippen LogP contribution >= 0.6 is 0 Å². The molecule has 1 aromatic heterocycles. The molecule has 1 saturated heterocycles. The minimum atomic E-state index is -4.51. The van der Waals surface area contributed by atoms with Crippen LogP contribution < -0.4 is 5.73 Å². The summed E-state index contributed by atoms with van der Waals surface area (Å²) >= 11 is 0. The molecule has 4 aromatic rings. The number of hydrogen-bond acceptors (Lipinski definition) is 6. The maximum absolute atomic E-state index is 14.0. The van der Waals surface area contributed by atoms with Crippen molar-refractivity contribution in [2.75, 3.05) is 39.0 Å². The summed E-state index contributed by atoms with van der Waals surface area (Å²) < 4.78 is 42.0. The summed E-state index contributed by atoms with van der Waals surface area (Å²) in [4.78, 5) is 25.6. The Bertz CT molecular complexity index is 1660. The zero-order chi connectivity index (χ0) is 29.1. The number of likely N-dealkylation sites (N-methyl/N-ethyl adjacent to an activating group) is 1. The number of alkyl halides is 3. The molecule has 5 rings (SSSR count). The molecule has 9 heteroatoms. The second kappa shape index (κ2) is 11.7. The Morgan fingerprint density at radius 2 is 1.78 bits per heavy atom. The molecule has 210 valence electrons. The molecule has 1 fully saturated rings. The van der Waals surface area contributed by atoms with Crippen LogP contribution in [0.2, 0.25) is 0 Å². The number of hydrogen-bond donors (Lipinski definition) is 1. The first-order valence-electron chi connectivity index (χ1n) is 13.3. The van der Waals surface area contributed by atoms with Gasteiger partial charge >= 0.3 is 6.18 Å². The molecular weight excluding hydrogens is 527 g/mol. The lowest BCUT2D eigenvalue weighted by molar-refractivity contribution is -0.138. The third kappa shape index (κ3) is 6.91. The number of benzene rings is 3. The van der Waals surface area contributed by atoms with Crippen LogP contribution in [-0.4, -0.2) is 58.8 Å². The summed E-state index contributed by atoms with van der Waals surface area (Å²) in [7, 11) is 2.01. The van der Waals surface area contributed by atoms with Crippen molar-refractivity contribution in [1.82, 2.24) is 19.8 Å². The second-order valence-electron chi connectivity index (χ2n) is 10.5. The van der Waals surface area contributed by atoms with E-state index in [0.29, 0.717) is 22.2 Å². The molecule has 0 amide bonds. The van der Waals surface area contributed by atoms with E-state index in [-0.39, 0.29) is 30.3 Å². The standard InChI is InChI=1S/C32H30F3N5O/c1-21-3-7-25(18-24(21)8-4-22-5-9-26-19-37-31(36)38-29(26)16-22)30(41)17-23-6-10-27(28(15-23)32(33,34)35)20-40-13-11-39(2)12-14-40/h3,5-7,9-10,15-16,18-19H,11-14,17,20H2,1-2H3,(H2,36,37,38). The van der Waals surface area contributed by atoms with E-state index >= 15 is 0 Å². The van der Waals surface area contributed by atoms with Gasteiger partial charge in [-0.2, -0.15) is 13.2 Å². The number of carbonyl (C=O) groups is 1. The van der Waals surface area contributed by atoms with Crippen molar-refractivity contribution >= 4 is 22.6 Å². The molecule has 6 nitrogen and oxygen atoms in total. The molecule has 0 radical (unpaired) electrons. The monoisotopic (exact) mass is 557 g/mol. The van der Waals surface area contributed by atoms with E-state index in [0.717, 1.165) is 48.8 Å². The Kier molecular flexibility index (Phi) is 8.06. The fraction of sp³-hybridized carbons (Fsp3) is 0.281. The number of anilines is 1. The number of rotatable bonds is 5. The van der Waals surface area contributed by atoms with E-state index in [1.165, 1.54) is 6.07 Å². The predicted molar refractivity (Wildman–Crippen MR) is 153 cm³/mol. The van der Waals surface area contributed by atoms with Gasteiger partial charge in [0, 0.05) is 67.4 Å². The first-order valence-corrected chi connectivity index (χ1v) is 13.3. The van der Waals surface area contributed by atoms with Crippen molar-refractivity contribution in [2.45, 2.75) is 26.1 Å². The topological polar surface area (TPSA) is 75.4 Å². The maximum atomic E-state index is 14.0. The Morgan fingerprint density at radius 3 is 2.54 bits per heavy atom. The van der Waals surface area contributed by atoms with E-state index in [1.807, 2.05) is 37.1 Å². The summed E-state index contributed by atoms with van der Waals surface area (Å²) in [6.45, 7) is 5.20. The Balaban J connectivity index is 1.34. The average Bonchev–Trinajstić information content (AvgIpc) is 2.93. The second-order valence-corrected chi connectivity index (χ2v) is 10.5. The zero-order valence-corrected chi connectivity index (χ0v) is 22.9. The van der Waals surface area contributed by atoms with Gasteiger partial charge in [0.1, 0.15) is 0 Å². The van der Waals surface area contributed by atoms with E-state index in [1.54, 1.807) is 30.5 Å². The number of ketones is 1. The summed E-state index contributed by atoms with van der Waals surface area (Å²) in [6.07, 6.45) is -3.00. The van der Waals surface area contributed by atoms with Gasteiger partial charge in [-0.3, -0.25) is 9.69 Å². The van der Waals surface area contributed by atoms with Gasteiger partial charge in [0.05, 0.1) is 11.1 Å². The minimum absolute atomic E-state index is 0.139. The van der Waals surface area contributed by atoms with Crippen molar-refractivity contribution in [3.8, 4) is 11.8 Å². The molecule has 1 aliphatic rings. The Morgan fingerprint density at radius 1 is 1.00 bits per heavy atom. The first-order chi connectivity index (χ1) is 19.5. The van der Waals surface area contributed by atoms with Crippen molar-refractivity contribution < 1.29 is 18.0 Å².